The van der Waals surface area contributed by atoms with Gasteiger partial charge in [-0.15, -0.1) is 0 Å². The number of nitrogens with zero attached hydrogens (tertiary/aromatic N) is 1. The third kappa shape index (κ3) is 2.71. The van der Waals surface area contributed by atoms with Crippen molar-refractivity contribution < 1.29 is 18.3 Å². The highest BCUT2D eigenvalue weighted by molar-refractivity contribution is 7.89. The molecule has 0 spiro atoms. The van der Waals surface area contributed by atoms with Gasteiger partial charge in [0, 0.05) is 25.0 Å². The number of carbonyl (C=O) groups excluding carboxylic acids is 1. The lowest BCUT2D eigenvalue weighted by Crippen LogP contribution is -2.46. The van der Waals surface area contributed by atoms with Crippen LogP contribution in [0.2, 0.25) is 0 Å². The smallest absolute Gasteiger partial charge is 0.243 e. The Bertz CT molecular complexity index is 816. The van der Waals surface area contributed by atoms with Crippen LogP contribution in [0.15, 0.2) is 47.4 Å². The van der Waals surface area contributed by atoms with Gasteiger partial charge in [0.05, 0.1) is 4.90 Å². The number of hydrogen-bond acceptors (Lipinski definition) is 4. The van der Waals surface area contributed by atoms with Crippen LogP contribution in [-0.2, 0) is 14.8 Å². The third-order valence-electron chi connectivity index (χ3n) is 4.08. The molecule has 2 aromatic rings. The van der Waals surface area contributed by atoms with Gasteiger partial charge in [0.25, 0.3) is 0 Å². The van der Waals surface area contributed by atoms with Crippen molar-refractivity contribution in [1.82, 2.24) is 4.31 Å². The van der Waals surface area contributed by atoms with Crippen molar-refractivity contribution in [2.75, 3.05) is 13.1 Å². The molecule has 1 aliphatic rings. The minimum Gasteiger partial charge on any atom is -0.550 e. The van der Waals surface area contributed by atoms with Crippen LogP contribution in [0.1, 0.15) is 12.8 Å². The summed E-state index contributed by atoms with van der Waals surface area (Å²) >= 11 is 0. The molecule has 1 saturated heterocycles. The first kappa shape index (κ1) is 15.0. The Kier molecular flexibility index (Phi) is 3.88. The molecule has 0 N–H and O–H groups in total. The lowest BCUT2D eigenvalue weighted by atomic mass is 10.0. The lowest BCUT2D eigenvalue weighted by Gasteiger charge is -2.32. The number of piperidine rings is 1. The summed E-state index contributed by atoms with van der Waals surface area (Å²) in [5.41, 5.74) is 0. The van der Waals surface area contributed by atoms with E-state index in [1.165, 1.54) is 4.31 Å². The second-order valence-electron chi connectivity index (χ2n) is 5.53. The molecule has 5 nitrogen and oxygen atoms in total. The standard InChI is InChI=1S/C16H17NO4S/c18-16(19)14-6-3-9-17(11-14)22(20,21)15-8-7-12-4-1-2-5-13(12)10-15/h1-2,4-5,7-8,10,14H,3,6,9,11H2,(H,18,19)/p-1/t14-/m0/s1. The molecule has 3 rings (SSSR count). The molecular formula is C16H16NO4S-. The molecule has 0 unspecified atom stereocenters. The van der Waals surface area contributed by atoms with Crippen molar-refractivity contribution in [3.05, 3.63) is 42.5 Å². The summed E-state index contributed by atoms with van der Waals surface area (Å²) in [6.45, 7) is 0.330. The summed E-state index contributed by atoms with van der Waals surface area (Å²) in [6, 6.07) is 12.5. The number of carbonyl (C=O) groups is 1. The van der Waals surface area contributed by atoms with E-state index in [4.69, 9.17) is 0 Å². The molecule has 0 radical (unpaired) electrons. The SMILES string of the molecule is O=C([O-])[C@H]1CCCN(S(=O)(=O)c2ccc3ccccc3c2)C1. The molecule has 0 aliphatic carbocycles. The van der Waals surface area contributed by atoms with Gasteiger partial charge < -0.3 is 9.90 Å². The first-order valence-electron chi connectivity index (χ1n) is 7.18. The molecule has 6 heteroatoms. The van der Waals surface area contributed by atoms with E-state index in [0.717, 1.165) is 10.8 Å². The highest BCUT2D eigenvalue weighted by Crippen LogP contribution is 2.26. The maximum absolute atomic E-state index is 12.7. The summed E-state index contributed by atoms with van der Waals surface area (Å²) in [5.74, 6) is -1.91. The number of carboxylic acids is 1. The van der Waals surface area contributed by atoms with Crippen LogP contribution >= 0.6 is 0 Å². The maximum Gasteiger partial charge on any atom is 0.243 e. The average Bonchev–Trinajstić information content (AvgIpc) is 2.54. The maximum atomic E-state index is 12.7. The molecule has 1 heterocycles. The quantitative estimate of drug-likeness (QED) is 0.845. The van der Waals surface area contributed by atoms with E-state index in [1.54, 1.807) is 18.2 Å². The number of aliphatic carboxylic acids is 1. The van der Waals surface area contributed by atoms with Gasteiger partial charge in [0.2, 0.25) is 10.0 Å². The first-order chi connectivity index (χ1) is 10.5. The van der Waals surface area contributed by atoms with Crippen LogP contribution in [0.25, 0.3) is 10.8 Å². The summed E-state index contributed by atoms with van der Waals surface area (Å²) in [6.07, 6.45) is 0.998. The average molecular weight is 318 g/mol. The summed E-state index contributed by atoms with van der Waals surface area (Å²) < 4.78 is 26.7. The van der Waals surface area contributed by atoms with Crippen molar-refractivity contribution in [2.24, 2.45) is 5.92 Å². The zero-order valence-corrected chi connectivity index (χ0v) is 12.8. The van der Waals surface area contributed by atoms with Crippen LogP contribution in [0, 0.1) is 5.92 Å². The third-order valence-corrected chi connectivity index (χ3v) is 5.94. The number of fused-ring (bicyclic) bond motifs is 1. The molecule has 22 heavy (non-hydrogen) atoms. The second kappa shape index (κ2) is 5.70. The number of sulfonamides is 1. The number of benzene rings is 2. The molecule has 1 atom stereocenters. The molecule has 116 valence electrons. The normalized spacial score (nSPS) is 20.1. The first-order valence-corrected chi connectivity index (χ1v) is 8.62. The number of carboxylic acid groups (broad SMARTS) is 1. The van der Waals surface area contributed by atoms with Crippen molar-refractivity contribution in [3.8, 4) is 0 Å². The van der Waals surface area contributed by atoms with E-state index < -0.39 is 21.9 Å². The van der Waals surface area contributed by atoms with Crippen LogP contribution in [-0.4, -0.2) is 31.8 Å². The molecule has 2 aromatic carbocycles. The Morgan fingerprint density at radius 2 is 1.86 bits per heavy atom. The van der Waals surface area contributed by atoms with Gasteiger partial charge in [-0.2, -0.15) is 4.31 Å². The van der Waals surface area contributed by atoms with E-state index in [1.807, 2.05) is 24.3 Å². The molecule has 0 aromatic heterocycles. The van der Waals surface area contributed by atoms with E-state index in [2.05, 4.69) is 0 Å². The number of hydrogen-bond donors (Lipinski definition) is 0. The highest BCUT2D eigenvalue weighted by atomic mass is 32.2. The predicted octanol–water partition coefficient (Wildman–Crippen LogP) is 0.990. The van der Waals surface area contributed by atoms with Crippen LogP contribution in [0.3, 0.4) is 0 Å². The van der Waals surface area contributed by atoms with Crippen LogP contribution in [0.4, 0.5) is 0 Å². The molecule has 0 bridgehead atoms. The summed E-state index contributed by atoms with van der Waals surface area (Å²) in [7, 11) is -3.68. The fraction of sp³-hybridized carbons (Fsp3) is 0.312. The Balaban J connectivity index is 1.95. The Labute approximate surface area is 129 Å². The molecule has 1 aliphatic heterocycles. The second-order valence-corrected chi connectivity index (χ2v) is 7.47. The van der Waals surface area contributed by atoms with Gasteiger partial charge >= 0.3 is 0 Å². The van der Waals surface area contributed by atoms with Gasteiger partial charge in [-0.05, 0) is 35.7 Å². The minimum atomic E-state index is -3.68. The summed E-state index contributed by atoms with van der Waals surface area (Å²) in [5, 5.41) is 12.8. The van der Waals surface area contributed by atoms with Gasteiger partial charge in [0.1, 0.15) is 0 Å². The van der Waals surface area contributed by atoms with Crippen molar-refractivity contribution in [3.63, 3.8) is 0 Å². The Hall–Kier alpha value is -1.92. The van der Waals surface area contributed by atoms with Gasteiger partial charge in [0.15, 0.2) is 0 Å². The Morgan fingerprint density at radius 3 is 2.59 bits per heavy atom. The topological polar surface area (TPSA) is 77.5 Å². The van der Waals surface area contributed by atoms with E-state index in [-0.39, 0.29) is 11.4 Å². The highest BCUT2D eigenvalue weighted by Gasteiger charge is 2.30. The van der Waals surface area contributed by atoms with E-state index >= 15 is 0 Å². The predicted molar refractivity (Wildman–Crippen MR) is 80.4 cm³/mol. The number of rotatable bonds is 3. The minimum absolute atomic E-state index is 0.0164. The monoisotopic (exact) mass is 318 g/mol. The van der Waals surface area contributed by atoms with Crippen molar-refractivity contribution in [1.29, 1.82) is 0 Å². The van der Waals surface area contributed by atoms with Crippen molar-refractivity contribution >= 4 is 26.8 Å². The molecule has 1 fully saturated rings. The van der Waals surface area contributed by atoms with E-state index in [9.17, 15) is 18.3 Å². The fourth-order valence-electron chi connectivity index (χ4n) is 2.83. The summed E-state index contributed by atoms with van der Waals surface area (Å²) in [4.78, 5) is 11.2. The zero-order valence-electron chi connectivity index (χ0n) is 11.9. The van der Waals surface area contributed by atoms with Gasteiger partial charge in [-0.1, -0.05) is 30.3 Å². The van der Waals surface area contributed by atoms with E-state index in [0.29, 0.717) is 19.4 Å². The fourth-order valence-corrected chi connectivity index (χ4v) is 4.39. The van der Waals surface area contributed by atoms with Crippen molar-refractivity contribution in [2.45, 2.75) is 17.7 Å². The lowest BCUT2D eigenvalue weighted by molar-refractivity contribution is -0.312. The molecule has 0 amide bonds. The molecule has 0 saturated carbocycles. The van der Waals surface area contributed by atoms with Gasteiger partial charge in [-0.3, -0.25) is 0 Å². The Morgan fingerprint density at radius 1 is 1.14 bits per heavy atom. The van der Waals surface area contributed by atoms with Crippen LogP contribution in [0.5, 0.6) is 0 Å². The zero-order chi connectivity index (χ0) is 15.7. The van der Waals surface area contributed by atoms with Gasteiger partial charge in [-0.25, -0.2) is 8.42 Å². The largest absolute Gasteiger partial charge is 0.550 e. The molecular weight excluding hydrogens is 302 g/mol. The van der Waals surface area contributed by atoms with Crippen LogP contribution < -0.4 is 5.11 Å².